The van der Waals surface area contributed by atoms with Gasteiger partial charge in [0.1, 0.15) is 22.5 Å². The molecule has 1 aliphatic carbocycles. The van der Waals surface area contributed by atoms with Crippen LogP contribution in [0.4, 0.5) is 34.1 Å². The Kier molecular flexibility index (Phi) is 8.03. The zero-order valence-corrected chi connectivity index (χ0v) is 21.8. The van der Waals surface area contributed by atoms with Crippen LogP contribution < -0.4 is 26.4 Å². The van der Waals surface area contributed by atoms with Crippen LogP contribution in [-0.2, 0) is 9.47 Å². The van der Waals surface area contributed by atoms with Gasteiger partial charge in [0.25, 0.3) is 5.91 Å². The molecule has 13 heteroatoms. The molecule has 0 aromatic heterocycles. The number of nitrogens with one attached hydrogen (secondary N) is 4. The van der Waals surface area contributed by atoms with E-state index in [1.54, 1.807) is 41.5 Å². The predicted molar refractivity (Wildman–Crippen MR) is 130 cm³/mol. The van der Waals surface area contributed by atoms with Gasteiger partial charge >= 0.3 is 12.2 Å². The van der Waals surface area contributed by atoms with E-state index in [1.807, 2.05) is 10.9 Å². The van der Waals surface area contributed by atoms with Gasteiger partial charge in [-0.15, -0.1) is 0 Å². The number of halogens is 3. The van der Waals surface area contributed by atoms with Crippen molar-refractivity contribution in [2.24, 2.45) is 0 Å². The maximum absolute atomic E-state index is 15.7. The van der Waals surface area contributed by atoms with Gasteiger partial charge in [-0.1, -0.05) is 0 Å². The van der Waals surface area contributed by atoms with E-state index < -0.39 is 69.7 Å². The number of carbonyl (C=O) groups is 3. The summed E-state index contributed by atoms with van der Waals surface area (Å²) in [6.45, 7) is 10.0. The molecule has 2 fully saturated rings. The number of hydrazine groups is 1. The molecule has 2 aliphatic rings. The quantitative estimate of drug-likeness (QED) is 0.337. The third-order valence-electron chi connectivity index (χ3n) is 5.35. The van der Waals surface area contributed by atoms with Crippen LogP contribution >= 0.6 is 0 Å². The first-order chi connectivity index (χ1) is 17.1. The van der Waals surface area contributed by atoms with E-state index in [0.29, 0.717) is 19.3 Å². The number of rotatable bonds is 5. The Morgan fingerprint density at radius 1 is 0.811 bits per heavy atom. The summed E-state index contributed by atoms with van der Waals surface area (Å²) < 4.78 is 56.4. The van der Waals surface area contributed by atoms with Crippen LogP contribution in [0.3, 0.4) is 0 Å². The number of hydrogen-bond acceptors (Lipinski definition) is 7. The summed E-state index contributed by atoms with van der Waals surface area (Å²) in [5.41, 5.74) is 0.220. The van der Waals surface area contributed by atoms with E-state index in [2.05, 4.69) is 10.6 Å². The Bertz CT molecular complexity index is 1070. The monoisotopic (exact) mass is 529 g/mol. The lowest BCUT2D eigenvalue weighted by Crippen LogP contribution is -2.45. The van der Waals surface area contributed by atoms with E-state index >= 15 is 13.2 Å². The van der Waals surface area contributed by atoms with Crippen LogP contribution in [-0.4, -0.2) is 54.5 Å². The third kappa shape index (κ3) is 7.56. The lowest BCUT2D eigenvalue weighted by atomic mass is 10.1. The van der Waals surface area contributed by atoms with Crippen molar-refractivity contribution in [2.45, 2.75) is 84.1 Å². The van der Waals surface area contributed by atoms with Gasteiger partial charge in [0.2, 0.25) is 0 Å². The molecule has 0 spiro atoms. The normalized spacial score (nSPS) is 17.8. The Labute approximate surface area is 213 Å². The number of hydrogen-bond donors (Lipinski definition) is 4. The Morgan fingerprint density at radius 3 is 1.97 bits per heavy atom. The summed E-state index contributed by atoms with van der Waals surface area (Å²) in [5.74, 6) is -5.54. The van der Waals surface area contributed by atoms with Crippen LogP contribution in [0.1, 0.15) is 71.2 Å². The van der Waals surface area contributed by atoms with Crippen LogP contribution in [0.2, 0.25) is 0 Å². The van der Waals surface area contributed by atoms with E-state index in [4.69, 9.17) is 9.47 Å². The zero-order valence-electron chi connectivity index (χ0n) is 21.8. The van der Waals surface area contributed by atoms with Crippen LogP contribution in [0, 0.1) is 17.5 Å². The molecular formula is C24H34F3N5O5. The zero-order chi connectivity index (χ0) is 27.7. The largest absolute Gasteiger partial charge is 0.444 e. The number of amides is 3. The Balaban J connectivity index is 1.83. The highest BCUT2D eigenvalue weighted by molar-refractivity contribution is 6.01. The highest BCUT2D eigenvalue weighted by atomic mass is 19.2. The van der Waals surface area contributed by atoms with Crippen molar-refractivity contribution in [3.05, 3.63) is 23.0 Å². The van der Waals surface area contributed by atoms with Crippen LogP contribution in [0.15, 0.2) is 0 Å². The first-order valence-corrected chi connectivity index (χ1v) is 12.1. The summed E-state index contributed by atoms with van der Waals surface area (Å²) in [6.07, 6.45) is -0.0384. The van der Waals surface area contributed by atoms with Gasteiger partial charge in [0, 0.05) is 19.1 Å². The highest BCUT2D eigenvalue weighted by Crippen LogP contribution is 2.39. The standard InChI is InChI=1S/C24H34F3N5O5/c1-23(2,3)36-21(34)29-13-9-10-32(11-13)19-16(26)15(25)14(18(17(19)27)28-12-7-8-12)20(33)30-31-22(35)37-24(4,5)6/h12-13,28H,7-11H2,1-6H3,(H,29,34)(H,30,33)(H,31,35)/t13-/m0/s1. The van der Waals surface area contributed by atoms with Crippen molar-refractivity contribution in [2.75, 3.05) is 23.3 Å². The lowest BCUT2D eigenvalue weighted by molar-refractivity contribution is 0.0480. The van der Waals surface area contributed by atoms with Crippen LogP contribution in [0.25, 0.3) is 0 Å². The van der Waals surface area contributed by atoms with E-state index in [0.717, 1.165) is 0 Å². The second-order valence-corrected chi connectivity index (χ2v) is 11.1. The van der Waals surface area contributed by atoms with Crippen molar-refractivity contribution in [3.63, 3.8) is 0 Å². The van der Waals surface area contributed by atoms with Gasteiger partial charge in [-0.25, -0.2) is 28.2 Å². The number of carbonyl (C=O) groups excluding carboxylic acids is 3. The van der Waals surface area contributed by atoms with Gasteiger partial charge < -0.3 is 25.0 Å². The first-order valence-electron chi connectivity index (χ1n) is 12.1. The average Bonchev–Trinajstić information content (AvgIpc) is 3.45. The van der Waals surface area contributed by atoms with E-state index in [1.165, 1.54) is 4.90 Å². The number of alkyl carbamates (subject to hydrolysis) is 1. The van der Waals surface area contributed by atoms with Gasteiger partial charge in [-0.2, -0.15) is 0 Å². The molecule has 3 rings (SSSR count). The maximum atomic E-state index is 15.7. The minimum atomic E-state index is -1.58. The molecule has 0 bridgehead atoms. The second-order valence-electron chi connectivity index (χ2n) is 11.1. The van der Waals surface area contributed by atoms with E-state index in [9.17, 15) is 14.4 Å². The predicted octanol–water partition coefficient (Wildman–Crippen LogP) is 3.95. The molecule has 1 saturated heterocycles. The first kappa shape index (κ1) is 28.2. The van der Waals surface area contributed by atoms with Crippen LogP contribution in [0.5, 0.6) is 0 Å². The molecule has 1 aromatic carbocycles. The molecule has 37 heavy (non-hydrogen) atoms. The third-order valence-corrected chi connectivity index (χ3v) is 5.35. The topological polar surface area (TPSA) is 121 Å². The fourth-order valence-electron chi connectivity index (χ4n) is 3.74. The van der Waals surface area contributed by atoms with Crippen molar-refractivity contribution >= 4 is 29.5 Å². The number of benzene rings is 1. The summed E-state index contributed by atoms with van der Waals surface area (Å²) in [4.78, 5) is 37.9. The van der Waals surface area contributed by atoms with Crippen molar-refractivity contribution < 1.29 is 37.0 Å². The molecule has 4 N–H and O–H groups in total. The number of anilines is 2. The smallest absolute Gasteiger partial charge is 0.426 e. The van der Waals surface area contributed by atoms with Crippen molar-refractivity contribution in [3.8, 4) is 0 Å². The molecule has 10 nitrogen and oxygen atoms in total. The molecule has 206 valence electrons. The SMILES string of the molecule is CC(C)(C)OC(=O)NNC(=O)c1c(F)c(F)c(N2CC[C@H](NC(=O)OC(C)(C)C)C2)c(F)c1NC1CC1. The number of ether oxygens (including phenoxy) is 2. The summed E-state index contributed by atoms with van der Waals surface area (Å²) in [7, 11) is 0. The summed E-state index contributed by atoms with van der Waals surface area (Å²) in [6, 6.07) is -0.699. The fourth-order valence-corrected chi connectivity index (χ4v) is 3.74. The van der Waals surface area contributed by atoms with Gasteiger partial charge in [-0.05, 0) is 60.8 Å². The fraction of sp³-hybridized carbons (Fsp3) is 0.625. The molecule has 1 heterocycles. The molecule has 0 radical (unpaired) electrons. The molecule has 3 amide bonds. The van der Waals surface area contributed by atoms with Crippen molar-refractivity contribution in [1.29, 1.82) is 0 Å². The Morgan fingerprint density at radius 2 is 1.41 bits per heavy atom. The minimum Gasteiger partial charge on any atom is -0.444 e. The lowest BCUT2D eigenvalue weighted by Gasteiger charge is -2.25. The second kappa shape index (κ2) is 10.5. The molecule has 0 unspecified atom stereocenters. The molecule has 1 saturated carbocycles. The summed E-state index contributed by atoms with van der Waals surface area (Å²) in [5, 5.41) is 5.40. The average molecular weight is 530 g/mol. The molecule has 1 aliphatic heterocycles. The molecule has 1 aromatic rings. The van der Waals surface area contributed by atoms with Gasteiger partial charge in [0.15, 0.2) is 17.5 Å². The minimum absolute atomic E-state index is 0.00112. The molecular weight excluding hydrogens is 495 g/mol. The highest BCUT2D eigenvalue weighted by Gasteiger charge is 2.37. The number of nitrogens with zero attached hydrogens (tertiary/aromatic N) is 1. The Hall–Kier alpha value is -3.38. The van der Waals surface area contributed by atoms with Gasteiger partial charge in [-0.3, -0.25) is 10.2 Å². The maximum Gasteiger partial charge on any atom is 0.426 e. The summed E-state index contributed by atoms with van der Waals surface area (Å²) >= 11 is 0. The van der Waals surface area contributed by atoms with Gasteiger partial charge in [0.05, 0.1) is 11.7 Å². The molecule has 1 atom stereocenters. The van der Waals surface area contributed by atoms with E-state index in [-0.39, 0.29) is 19.1 Å². The van der Waals surface area contributed by atoms with Crippen molar-refractivity contribution in [1.82, 2.24) is 16.2 Å².